The molecule has 19 heavy (non-hydrogen) atoms. The van der Waals surface area contributed by atoms with Crippen LogP contribution in [-0.2, 0) is 4.79 Å². The van der Waals surface area contributed by atoms with Crippen molar-refractivity contribution in [3.05, 3.63) is 34.9 Å². The number of para-hydroxylation sites is 1. The predicted molar refractivity (Wildman–Crippen MR) is 82.1 cm³/mol. The van der Waals surface area contributed by atoms with Gasteiger partial charge in [-0.25, -0.2) is 0 Å². The molecular weight excluding hydrogens is 304 g/mol. The molecule has 1 atom stereocenters. The molecule has 0 aliphatic rings. The fourth-order valence-electron chi connectivity index (χ4n) is 1.78. The molecule has 0 fully saturated rings. The van der Waals surface area contributed by atoms with E-state index in [4.69, 9.17) is 0 Å². The molecule has 3 nitrogen and oxygen atoms in total. The second-order valence-corrected chi connectivity index (χ2v) is 5.97. The molecule has 100 valence electrons. The molecule has 0 saturated carbocycles. The van der Waals surface area contributed by atoms with Crippen LogP contribution in [0.5, 0.6) is 0 Å². The Morgan fingerprint density at radius 2 is 2.05 bits per heavy atom. The predicted octanol–water partition coefficient (Wildman–Crippen LogP) is 4.23. The SMILES string of the molecule is CC(C)C(C)C(=O)Nc1cccc2cc(Br)cnc12. The van der Waals surface area contributed by atoms with Crippen LogP contribution >= 0.6 is 15.9 Å². The van der Waals surface area contributed by atoms with E-state index in [9.17, 15) is 4.79 Å². The molecule has 0 aliphatic carbocycles. The monoisotopic (exact) mass is 320 g/mol. The van der Waals surface area contributed by atoms with Gasteiger partial charge in [-0.05, 0) is 34.0 Å². The summed E-state index contributed by atoms with van der Waals surface area (Å²) in [5, 5.41) is 3.97. The fourth-order valence-corrected chi connectivity index (χ4v) is 2.13. The van der Waals surface area contributed by atoms with Crippen molar-refractivity contribution in [3.63, 3.8) is 0 Å². The van der Waals surface area contributed by atoms with Crippen LogP contribution in [0.1, 0.15) is 20.8 Å². The van der Waals surface area contributed by atoms with Gasteiger partial charge in [0.15, 0.2) is 0 Å². The molecule has 0 aliphatic heterocycles. The number of anilines is 1. The zero-order valence-corrected chi connectivity index (χ0v) is 12.9. The third kappa shape index (κ3) is 3.13. The summed E-state index contributed by atoms with van der Waals surface area (Å²) in [4.78, 5) is 16.5. The number of pyridine rings is 1. The fraction of sp³-hybridized carbons (Fsp3) is 0.333. The Hall–Kier alpha value is -1.42. The van der Waals surface area contributed by atoms with Gasteiger partial charge in [0, 0.05) is 22.0 Å². The summed E-state index contributed by atoms with van der Waals surface area (Å²) in [5.74, 6) is 0.329. The summed E-state index contributed by atoms with van der Waals surface area (Å²) in [5.41, 5.74) is 1.58. The highest BCUT2D eigenvalue weighted by Crippen LogP contribution is 2.24. The van der Waals surface area contributed by atoms with Crippen molar-refractivity contribution < 1.29 is 4.79 Å². The van der Waals surface area contributed by atoms with Crippen LogP contribution in [0.3, 0.4) is 0 Å². The number of benzene rings is 1. The Morgan fingerprint density at radius 3 is 2.74 bits per heavy atom. The van der Waals surface area contributed by atoms with Crippen LogP contribution < -0.4 is 5.32 Å². The summed E-state index contributed by atoms with van der Waals surface area (Å²) in [6, 6.07) is 7.78. The quantitative estimate of drug-likeness (QED) is 0.919. The Kier molecular flexibility index (Phi) is 4.20. The lowest BCUT2D eigenvalue weighted by Crippen LogP contribution is -2.24. The van der Waals surface area contributed by atoms with Crippen LogP contribution in [0.2, 0.25) is 0 Å². The van der Waals surface area contributed by atoms with E-state index in [0.717, 1.165) is 21.1 Å². The molecule has 0 bridgehead atoms. The van der Waals surface area contributed by atoms with E-state index in [1.54, 1.807) is 6.20 Å². The standard InChI is InChI=1S/C15H17BrN2O/c1-9(2)10(3)15(19)18-13-6-4-5-11-7-12(16)8-17-14(11)13/h4-10H,1-3H3,(H,18,19). The third-order valence-electron chi connectivity index (χ3n) is 3.35. The van der Waals surface area contributed by atoms with Crippen molar-refractivity contribution in [1.82, 2.24) is 4.98 Å². The molecule has 2 aromatic rings. The smallest absolute Gasteiger partial charge is 0.227 e. The van der Waals surface area contributed by atoms with Gasteiger partial charge in [0.05, 0.1) is 11.2 Å². The highest BCUT2D eigenvalue weighted by atomic mass is 79.9. The highest BCUT2D eigenvalue weighted by Gasteiger charge is 2.17. The van der Waals surface area contributed by atoms with Crippen LogP contribution in [0.15, 0.2) is 34.9 Å². The number of fused-ring (bicyclic) bond motifs is 1. The van der Waals surface area contributed by atoms with Crippen LogP contribution in [0.4, 0.5) is 5.69 Å². The van der Waals surface area contributed by atoms with E-state index < -0.39 is 0 Å². The molecule has 0 spiro atoms. The van der Waals surface area contributed by atoms with E-state index in [1.807, 2.05) is 45.0 Å². The van der Waals surface area contributed by atoms with Crippen molar-refractivity contribution >= 4 is 38.4 Å². The van der Waals surface area contributed by atoms with Gasteiger partial charge in [-0.15, -0.1) is 0 Å². The molecule has 0 radical (unpaired) electrons. The lowest BCUT2D eigenvalue weighted by Gasteiger charge is -2.16. The van der Waals surface area contributed by atoms with Crippen molar-refractivity contribution in [2.45, 2.75) is 20.8 Å². The second kappa shape index (κ2) is 5.70. The van der Waals surface area contributed by atoms with Gasteiger partial charge < -0.3 is 5.32 Å². The summed E-state index contributed by atoms with van der Waals surface area (Å²) >= 11 is 3.40. The van der Waals surface area contributed by atoms with Crippen LogP contribution in [-0.4, -0.2) is 10.9 Å². The number of carbonyl (C=O) groups excluding carboxylic acids is 1. The van der Waals surface area contributed by atoms with Gasteiger partial charge in [-0.2, -0.15) is 0 Å². The minimum atomic E-state index is -0.0225. The van der Waals surface area contributed by atoms with Gasteiger partial charge in [0.2, 0.25) is 5.91 Å². The van der Waals surface area contributed by atoms with E-state index >= 15 is 0 Å². The second-order valence-electron chi connectivity index (χ2n) is 5.05. The first kappa shape index (κ1) is 14.0. The molecule has 1 heterocycles. The van der Waals surface area contributed by atoms with Crippen molar-refractivity contribution in [2.75, 3.05) is 5.32 Å². The number of halogens is 1. The van der Waals surface area contributed by atoms with E-state index in [0.29, 0.717) is 5.92 Å². The van der Waals surface area contributed by atoms with Gasteiger partial charge in [-0.1, -0.05) is 32.9 Å². The molecule has 1 unspecified atom stereocenters. The average molecular weight is 321 g/mol. The number of nitrogens with zero attached hydrogens (tertiary/aromatic N) is 1. The lowest BCUT2D eigenvalue weighted by molar-refractivity contribution is -0.120. The van der Waals surface area contributed by atoms with E-state index in [1.165, 1.54) is 0 Å². The Bertz CT molecular complexity index is 610. The molecule has 0 saturated heterocycles. The average Bonchev–Trinajstić information content (AvgIpc) is 2.37. The largest absolute Gasteiger partial charge is 0.324 e. The van der Waals surface area contributed by atoms with E-state index in [2.05, 4.69) is 26.2 Å². The Balaban J connectivity index is 2.33. The van der Waals surface area contributed by atoms with Gasteiger partial charge in [0.1, 0.15) is 0 Å². The van der Waals surface area contributed by atoms with Crippen LogP contribution in [0, 0.1) is 11.8 Å². The first-order valence-electron chi connectivity index (χ1n) is 6.34. The maximum atomic E-state index is 12.1. The Labute approximate surface area is 121 Å². The number of rotatable bonds is 3. The van der Waals surface area contributed by atoms with E-state index in [-0.39, 0.29) is 11.8 Å². The summed E-state index contributed by atoms with van der Waals surface area (Å²) in [6.07, 6.45) is 1.74. The van der Waals surface area contributed by atoms with Crippen molar-refractivity contribution in [1.29, 1.82) is 0 Å². The molecular formula is C15H17BrN2O. The van der Waals surface area contributed by atoms with Gasteiger partial charge in [-0.3, -0.25) is 9.78 Å². The third-order valence-corrected chi connectivity index (χ3v) is 3.78. The highest BCUT2D eigenvalue weighted by molar-refractivity contribution is 9.10. The maximum absolute atomic E-state index is 12.1. The number of hydrogen-bond donors (Lipinski definition) is 1. The van der Waals surface area contributed by atoms with Crippen molar-refractivity contribution in [2.24, 2.45) is 11.8 Å². The molecule has 1 aromatic heterocycles. The first-order valence-corrected chi connectivity index (χ1v) is 7.13. The molecule has 4 heteroatoms. The summed E-state index contributed by atoms with van der Waals surface area (Å²) in [6.45, 7) is 6.03. The van der Waals surface area contributed by atoms with Gasteiger partial charge >= 0.3 is 0 Å². The number of nitrogens with one attached hydrogen (secondary N) is 1. The summed E-state index contributed by atoms with van der Waals surface area (Å²) in [7, 11) is 0. The molecule has 1 aromatic carbocycles. The summed E-state index contributed by atoms with van der Waals surface area (Å²) < 4.78 is 0.930. The molecule has 2 rings (SSSR count). The maximum Gasteiger partial charge on any atom is 0.227 e. The Morgan fingerprint density at radius 1 is 1.32 bits per heavy atom. The number of amides is 1. The van der Waals surface area contributed by atoms with Gasteiger partial charge in [0.25, 0.3) is 0 Å². The number of carbonyl (C=O) groups is 1. The topological polar surface area (TPSA) is 42.0 Å². The minimum Gasteiger partial charge on any atom is -0.324 e. The van der Waals surface area contributed by atoms with Crippen molar-refractivity contribution in [3.8, 4) is 0 Å². The number of hydrogen-bond acceptors (Lipinski definition) is 2. The first-order chi connectivity index (χ1) is 8.99. The zero-order valence-electron chi connectivity index (χ0n) is 11.3. The van der Waals surface area contributed by atoms with Crippen LogP contribution in [0.25, 0.3) is 10.9 Å². The zero-order chi connectivity index (χ0) is 14.0. The molecule has 1 N–H and O–H groups in total. The number of aromatic nitrogens is 1. The minimum absolute atomic E-state index is 0.0225. The normalized spacial score (nSPS) is 12.7. The lowest BCUT2D eigenvalue weighted by atomic mass is 9.97. The molecule has 1 amide bonds.